The van der Waals surface area contributed by atoms with Gasteiger partial charge in [-0.3, -0.25) is 9.79 Å². The van der Waals surface area contributed by atoms with Crippen molar-refractivity contribution in [3.8, 4) is 0 Å². The van der Waals surface area contributed by atoms with Crippen LogP contribution in [0, 0.1) is 0 Å². The molecule has 0 spiro atoms. The summed E-state index contributed by atoms with van der Waals surface area (Å²) in [6, 6.07) is 18.0. The molecule has 5 heteroatoms. The molecular weight excluding hydrogens is 360 g/mol. The van der Waals surface area contributed by atoms with Crippen molar-refractivity contribution in [2.24, 2.45) is 9.98 Å². The van der Waals surface area contributed by atoms with Crippen LogP contribution in [-0.2, 0) is 4.79 Å². The number of nitrogens with zero attached hydrogens (tertiary/aromatic N) is 2. The van der Waals surface area contributed by atoms with Crippen molar-refractivity contribution in [2.45, 2.75) is 38.5 Å². The zero-order valence-corrected chi connectivity index (χ0v) is 17.0. The average molecular weight is 390 g/mol. The molecule has 1 fully saturated rings. The highest BCUT2D eigenvalue weighted by molar-refractivity contribution is 6.17. The average Bonchev–Trinajstić information content (AvgIpc) is 3.05. The van der Waals surface area contributed by atoms with E-state index in [9.17, 15) is 4.79 Å². The van der Waals surface area contributed by atoms with E-state index in [-0.39, 0.29) is 11.8 Å². The van der Waals surface area contributed by atoms with Crippen LogP contribution in [-0.4, -0.2) is 37.1 Å². The van der Waals surface area contributed by atoms with E-state index in [0.29, 0.717) is 12.4 Å². The molecule has 1 amide bonds. The minimum atomic E-state index is -0.160. The number of hydrogen-bond acceptors (Lipinski definition) is 3. The second kappa shape index (κ2) is 9.14. The fourth-order valence-corrected chi connectivity index (χ4v) is 4.26. The van der Waals surface area contributed by atoms with Crippen LogP contribution in [0.5, 0.6) is 0 Å². The van der Waals surface area contributed by atoms with Gasteiger partial charge in [0.1, 0.15) is 5.84 Å². The maximum absolute atomic E-state index is 12.9. The Hall–Kier alpha value is -2.79. The summed E-state index contributed by atoms with van der Waals surface area (Å²) in [5.41, 5.74) is 3.65. The topological polar surface area (TPSA) is 58.3 Å². The Labute approximate surface area is 172 Å². The molecule has 1 atom stereocenters. The number of amidine groups is 1. The molecule has 2 N–H and O–H groups in total. The quantitative estimate of drug-likeness (QED) is 0.832. The third-order valence-electron chi connectivity index (χ3n) is 5.73. The normalized spacial score (nSPS) is 20.0. The van der Waals surface area contributed by atoms with Gasteiger partial charge in [0.15, 0.2) is 6.54 Å². The number of carbonyl (C=O) groups excluding carboxylic acids is 1. The first-order valence-electron chi connectivity index (χ1n) is 10.6. The van der Waals surface area contributed by atoms with Crippen LogP contribution in [0.2, 0.25) is 0 Å². The summed E-state index contributed by atoms with van der Waals surface area (Å²) in [5, 5.41) is 3.16. The molecule has 2 aliphatic rings. The lowest BCUT2D eigenvalue weighted by Gasteiger charge is -2.21. The highest BCUT2D eigenvalue weighted by atomic mass is 16.2. The smallest absolute Gasteiger partial charge is 0.280 e. The van der Waals surface area contributed by atoms with Crippen LogP contribution in [0.1, 0.15) is 44.1 Å². The standard InChI is InChI=1S/C24H28N4O/c1-18-23(19-11-5-4-6-12-19)24(26-21-14-8-7-13-20(21)25-18)27-22(29)17-28-15-9-2-3-10-16-28/h4-8,11-14,23H,2-3,9-10,15-17H2,1H3,(H,26,27,29)/p+1/t23-/m0/s1. The highest BCUT2D eigenvalue weighted by Crippen LogP contribution is 2.34. The largest absolute Gasteiger partial charge is 0.327 e. The number of fused-ring (bicyclic) bond motifs is 1. The summed E-state index contributed by atoms with van der Waals surface area (Å²) >= 11 is 0. The summed E-state index contributed by atoms with van der Waals surface area (Å²) in [7, 11) is 0. The van der Waals surface area contributed by atoms with E-state index in [1.54, 1.807) is 0 Å². The van der Waals surface area contributed by atoms with Crippen molar-refractivity contribution in [1.82, 2.24) is 5.32 Å². The molecular formula is C24H29N4O+. The van der Waals surface area contributed by atoms with Gasteiger partial charge >= 0.3 is 0 Å². The fraction of sp³-hybridized carbons (Fsp3) is 0.375. The van der Waals surface area contributed by atoms with Crippen molar-refractivity contribution >= 4 is 28.8 Å². The molecule has 2 aliphatic heterocycles. The minimum absolute atomic E-state index is 0.0359. The van der Waals surface area contributed by atoms with E-state index < -0.39 is 0 Å². The van der Waals surface area contributed by atoms with Crippen LogP contribution in [0.3, 0.4) is 0 Å². The predicted octanol–water partition coefficient (Wildman–Crippen LogP) is 3.18. The zero-order chi connectivity index (χ0) is 20.1. The fourth-order valence-electron chi connectivity index (χ4n) is 4.26. The van der Waals surface area contributed by atoms with Gasteiger partial charge in [0, 0.05) is 5.71 Å². The van der Waals surface area contributed by atoms with Gasteiger partial charge in [-0.1, -0.05) is 42.5 Å². The molecule has 0 unspecified atom stereocenters. The number of quaternary nitrogens is 1. The highest BCUT2D eigenvalue weighted by Gasteiger charge is 2.27. The summed E-state index contributed by atoms with van der Waals surface area (Å²) in [4.78, 5) is 24.0. The van der Waals surface area contributed by atoms with Crippen LogP contribution >= 0.6 is 0 Å². The summed E-state index contributed by atoms with van der Waals surface area (Å²) in [5.74, 6) is 0.544. The number of likely N-dealkylation sites (tertiary alicyclic amines) is 1. The van der Waals surface area contributed by atoms with Crippen molar-refractivity contribution < 1.29 is 9.69 Å². The molecule has 0 radical (unpaired) electrons. The van der Waals surface area contributed by atoms with E-state index in [1.807, 2.05) is 49.4 Å². The molecule has 5 nitrogen and oxygen atoms in total. The van der Waals surface area contributed by atoms with E-state index in [4.69, 9.17) is 9.98 Å². The Bertz CT molecular complexity index is 911. The number of nitrogens with one attached hydrogen (secondary N) is 2. The first kappa shape index (κ1) is 19.5. The third-order valence-corrected chi connectivity index (χ3v) is 5.73. The maximum atomic E-state index is 12.9. The van der Waals surface area contributed by atoms with Crippen LogP contribution in [0.25, 0.3) is 0 Å². The molecule has 2 aromatic carbocycles. The van der Waals surface area contributed by atoms with Gasteiger partial charge in [-0.15, -0.1) is 0 Å². The number of hydrogen-bond donors (Lipinski definition) is 2. The number of aliphatic imine (C=N–C) groups is 2. The summed E-state index contributed by atoms with van der Waals surface area (Å²) in [6.45, 7) is 4.66. The molecule has 1 saturated heterocycles. The Balaban J connectivity index is 1.63. The van der Waals surface area contributed by atoms with Crippen LogP contribution in [0.4, 0.5) is 11.4 Å². The third kappa shape index (κ3) is 4.80. The minimum Gasteiger partial charge on any atom is -0.327 e. The molecule has 2 heterocycles. The lowest BCUT2D eigenvalue weighted by atomic mass is 9.93. The van der Waals surface area contributed by atoms with Gasteiger partial charge in [0.05, 0.1) is 30.4 Å². The Morgan fingerprint density at radius 3 is 2.24 bits per heavy atom. The Morgan fingerprint density at radius 2 is 1.55 bits per heavy atom. The molecule has 0 aliphatic carbocycles. The molecule has 0 saturated carbocycles. The van der Waals surface area contributed by atoms with Crippen molar-refractivity contribution in [2.75, 3.05) is 19.6 Å². The van der Waals surface area contributed by atoms with Crippen molar-refractivity contribution in [3.05, 3.63) is 60.2 Å². The van der Waals surface area contributed by atoms with Gasteiger partial charge in [-0.2, -0.15) is 0 Å². The first-order valence-corrected chi connectivity index (χ1v) is 10.6. The lowest BCUT2D eigenvalue weighted by Crippen LogP contribution is -3.13. The van der Waals surface area contributed by atoms with Gasteiger partial charge in [-0.05, 0) is 50.3 Å². The van der Waals surface area contributed by atoms with Gasteiger partial charge < -0.3 is 10.2 Å². The summed E-state index contributed by atoms with van der Waals surface area (Å²) < 4.78 is 0. The predicted molar refractivity (Wildman–Crippen MR) is 118 cm³/mol. The second-order valence-corrected chi connectivity index (χ2v) is 7.97. The SMILES string of the molecule is CC1=Nc2ccccc2N=C(NC(=O)C[NH+]2CCCCCC2)[C@@H]1c1ccccc1. The van der Waals surface area contributed by atoms with E-state index in [0.717, 1.165) is 35.7 Å². The number of benzene rings is 2. The number of rotatable bonds is 3. The zero-order valence-electron chi connectivity index (χ0n) is 17.0. The molecule has 29 heavy (non-hydrogen) atoms. The molecule has 4 rings (SSSR count). The van der Waals surface area contributed by atoms with Gasteiger partial charge in [0.2, 0.25) is 0 Å². The molecule has 0 bridgehead atoms. The van der Waals surface area contributed by atoms with Gasteiger partial charge in [-0.25, -0.2) is 4.99 Å². The summed E-state index contributed by atoms with van der Waals surface area (Å²) in [6.07, 6.45) is 4.96. The van der Waals surface area contributed by atoms with E-state index in [1.165, 1.54) is 30.6 Å². The van der Waals surface area contributed by atoms with Crippen LogP contribution < -0.4 is 10.2 Å². The van der Waals surface area contributed by atoms with Crippen molar-refractivity contribution in [1.29, 1.82) is 0 Å². The molecule has 2 aromatic rings. The van der Waals surface area contributed by atoms with Crippen LogP contribution in [0.15, 0.2) is 64.6 Å². The maximum Gasteiger partial charge on any atom is 0.280 e. The monoisotopic (exact) mass is 389 g/mol. The number of amides is 1. The second-order valence-electron chi connectivity index (χ2n) is 7.97. The van der Waals surface area contributed by atoms with E-state index in [2.05, 4.69) is 17.4 Å². The molecule has 0 aromatic heterocycles. The lowest BCUT2D eigenvalue weighted by molar-refractivity contribution is -0.891. The number of para-hydroxylation sites is 2. The van der Waals surface area contributed by atoms with Gasteiger partial charge in [0.25, 0.3) is 5.91 Å². The first-order chi connectivity index (χ1) is 14.2. The Kier molecular flexibility index (Phi) is 6.15. The Morgan fingerprint density at radius 1 is 0.931 bits per heavy atom. The van der Waals surface area contributed by atoms with E-state index >= 15 is 0 Å². The number of carbonyl (C=O) groups is 1. The molecule has 150 valence electrons. The van der Waals surface area contributed by atoms with Crippen molar-refractivity contribution in [3.63, 3.8) is 0 Å².